The van der Waals surface area contributed by atoms with Crippen molar-refractivity contribution in [3.05, 3.63) is 0 Å². The molecule has 4 heteroatoms. The van der Waals surface area contributed by atoms with Crippen molar-refractivity contribution in [2.75, 3.05) is 26.2 Å². The van der Waals surface area contributed by atoms with Crippen molar-refractivity contribution < 1.29 is 4.79 Å². The van der Waals surface area contributed by atoms with Gasteiger partial charge in [-0.2, -0.15) is 0 Å². The summed E-state index contributed by atoms with van der Waals surface area (Å²) in [4.78, 5) is 17.1. The summed E-state index contributed by atoms with van der Waals surface area (Å²) in [6.07, 6.45) is 9.18. The topological polar surface area (TPSA) is 35.6 Å². The summed E-state index contributed by atoms with van der Waals surface area (Å²) < 4.78 is 0. The Morgan fingerprint density at radius 3 is 2.20 bits per heavy atom. The molecule has 2 heterocycles. The molecule has 2 aliphatic heterocycles. The molecule has 0 aromatic rings. The van der Waals surface area contributed by atoms with E-state index in [1.807, 2.05) is 0 Å². The first-order valence-electron chi connectivity index (χ1n) is 8.61. The standard InChI is InChI=1S/C16H27N3O/c20-16(17-15(12-3-4-12)13-5-6-13)19-10-7-14(11-19)18-8-1-2-9-18/h12-15H,1-11H2,(H,17,20)/t14-/m1/s1. The van der Waals surface area contributed by atoms with Crippen LogP contribution in [0.25, 0.3) is 0 Å². The number of amides is 2. The number of nitrogens with zero attached hydrogens (tertiary/aromatic N) is 2. The average Bonchev–Trinajstić information content (AvgIpc) is 3.36. The second-order valence-electron chi connectivity index (χ2n) is 7.28. The van der Waals surface area contributed by atoms with E-state index in [-0.39, 0.29) is 6.03 Å². The maximum Gasteiger partial charge on any atom is 0.317 e. The second-order valence-corrected chi connectivity index (χ2v) is 7.28. The van der Waals surface area contributed by atoms with Gasteiger partial charge in [-0.3, -0.25) is 4.90 Å². The first-order valence-corrected chi connectivity index (χ1v) is 8.61. The van der Waals surface area contributed by atoms with Gasteiger partial charge >= 0.3 is 6.03 Å². The average molecular weight is 277 g/mol. The Kier molecular flexibility index (Phi) is 3.37. The molecule has 0 unspecified atom stereocenters. The molecule has 0 bridgehead atoms. The SMILES string of the molecule is O=C(NC(C1CC1)C1CC1)N1CC[C@@H](N2CCCC2)C1. The van der Waals surface area contributed by atoms with Gasteiger partial charge in [-0.15, -0.1) is 0 Å². The number of urea groups is 1. The van der Waals surface area contributed by atoms with Gasteiger partial charge in [-0.1, -0.05) is 0 Å². The number of carbonyl (C=O) groups is 1. The molecule has 2 saturated carbocycles. The molecule has 1 atom stereocenters. The first kappa shape index (κ1) is 12.9. The van der Waals surface area contributed by atoms with Gasteiger partial charge in [-0.25, -0.2) is 4.79 Å². The van der Waals surface area contributed by atoms with Crippen LogP contribution >= 0.6 is 0 Å². The Morgan fingerprint density at radius 2 is 1.60 bits per heavy atom. The van der Waals surface area contributed by atoms with Crippen LogP contribution in [0.2, 0.25) is 0 Å². The van der Waals surface area contributed by atoms with Gasteiger partial charge in [0.1, 0.15) is 0 Å². The van der Waals surface area contributed by atoms with E-state index in [0.29, 0.717) is 12.1 Å². The van der Waals surface area contributed by atoms with Crippen LogP contribution in [-0.4, -0.2) is 54.1 Å². The highest BCUT2D eigenvalue weighted by Crippen LogP contribution is 2.44. The van der Waals surface area contributed by atoms with Gasteiger partial charge in [0.25, 0.3) is 0 Å². The minimum atomic E-state index is 0.218. The van der Waals surface area contributed by atoms with Crippen molar-refractivity contribution in [3.8, 4) is 0 Å². The summed E-state index contributed by atoms with van der Waals surface area (Å²) in [5.41, 5.74) is 0. The molecule has 4 fully saturated rings. The summed E-state index contributed by atoms with van der Waals surface area (Å²) in [6.45, 7) is 4.39. The molecule has 20 heavy (non-hydrogen) atoms. The zero-order chi connectivity index (χ0) is 13.5. The lowest BCUT2D eigenvalue weighted by molar-refractivity contribution is 0.192. The van der Waals surface area contributed by atoms with Crippen LogP contribution in [0.1, 0.15) is 44.9 Å². The van der Waals surface area contributed by atoms with Crippen LogP contribution in [0.5, 0.6) is 0 Å². The highest BCUT2D eigenvalue weighted by atomic mass is 16.2. The Hall–Kier alpha value is -0.770. The van der Waals surface area contributed by atoms with E-state index >= 15 is 0 Å². The third-order valence-corrected chi connectivity index (χ3v) is 5.66. The Labute approximate surface area is 121 Å². The molecule has 0 spiro atoms. The van der Waals surface area contributed by atoms with E-state index < -0.39 is 0 Å². The van der Waals surface area contributed by atoms with Crippen molar-refractivity contribution >= 4 is 6.03 Å². The molecule has 2 aliphatic carbocycles. The van der Waals surface area contributed by atoms with E-state index in [4.69, 9.17) is 0 Å². The quantitative estimate of drug-likeness (QED) is 0.853. The summed E-state index contributed by atoms with van der Waals surface area (Å²) >= 11 is 0. The predicted octanol–water partition coefficient (Wildman–Crippen LogP) is 2.05. The van der Waals surface area contributed by atoms with Crippen LogP contribution in [0.4, 0.5) is 4.79 Å². The maximum absolute atomic E-state index is 12.5. The number of rotatable bonds is 4. The molecule has 4 nitrogen and oxygen atoms in total. The molecule has 0 radical (unpaired) electrons. The smallest absolute Gasteiger partial charge is 0.317 e. The molecule has 1 N–H and O–H groups in total. The molecule has 0 aromatic heterocycles. The van der Waals surface area contributed by atoms with Gasteiger partial charge in [-0.05, 0) is 69.9 Å². The molecule has 2 amide bonds. The molecule has 0 aromatic carbocycles. The normalized spacial score (nSPS) is 31.2. The highest BCUT2D eigenvalue weighted by molar-refractivity contribution is 5.75. The largest absolute Gasteiger partial charge is 0.335 e. The zero-order valence-corrected chi connectivity index (χ0v) is 12.4. The van der Waals surface area contributed by atoms with Crippen LogP contribution in [0.3, 0.4) is 0 Å². The fraction of sp³-hybridized carbons (Fsp3) is 0.938. The number of carbonyl (C=O) groups excluding carboxylic acids is 1. The lowest BCUT2D eigenvalue weighted by atomic mass is 10.1. The summed E-state index contributed by atoms with van der Waals surface area (Å²) in [5.74, 6) is 1.59. The van der Waals surface area contributed by atoms with Gasteiger partial charge in [0.05, 0.1) is 0 Å². The zero-order valence-electron chi connectivity index (χ0n) is 12.4. The number of hydrogen-bond acceptors (Lipinski definition) is 2. The molecular weight excluding hydrogens is 250 g/mol. The maximum atomic E-state index is 12.5. The van der Waals surface area contributed by atoms with E-state index in [0.717, 1.165) is 24.9 Å². The minimum absolute atomic E-state index is 0.218. The van der Waals surface area contributed by atoms with Crippen molar-refractivity contribution in [1.82, 2.24) is 15.1 Å². The van der Waals surface area contributed by atoms with E-state index in [1.165, 1.54) is 58.0 Å². The second kappa shape index (κ2) is 5.21. The fourth-order valence-electron chi connectivity index (χ4n) is 4.10. The van der Waals surface area contributed by atoms with Gasteiger partial charge in [0.15, 0.2) is 0 Å². The molecular formula is C16H27N3O. The third-order valence-electron chi connectivity index (χ3n) is 5.66. The first-order chi connectivity index (χ1) is 9.81. The van der Waals surface area contributed by atoms with Crippen molar-refractivity contribution in [2.45, 2.75) is 57.0 Å². The van der Waals surface area contributed by atoms with Gasteiger partial charge < -0.3 is 10.2 Å². The highest BCUT2D eigenvalue weighted by Gasteiger charge is 2.43. The summed E-state index contributed by atoms with van der Waals surface area (Å²) in [6, 6.07) is 1.34. The van der Waals surface area contributed by atoms with Crippen LogP contribution in [0.15, 0.2) is 0 Å². The lowest BCUT2D eigenvalue weighted by Gasteiger charge is -2.25. The Balaban J connectivity index is 1.30. The Morgan fingerprint density at radius 1 is 0.950 bits per heavy atom. The number of hydrogen-bond donors (Lipinski definition) is 1. The van der Waals surface area contributed by atoms with E-state index in [2.05, 4.69) is 15.1 Å². The molecule has 4 aliphatic rings. The van der Waals surface area contributed by atoms with Crippen LogP contribution < -0.4 is 5.32 Å². The minimum Gasteiger partial charge on any atom is -0.335 e. The van der Waals surface area contributed by atoms with Crippen molar-refractivity contribution in [2.24, 2.45) is 11.8 Å². The van der Waals surface area contributed by atoms with Crippen LogP contribution in [0, 0.1) is 11.8 Å². The van der Waals surface area contributed by atoms with Gasteiger partial charge in [0.2, 0.25) is 0 Å². The summed E-state index contributed by atoms with van der Waals surface area (Å²) in [5, 5.41) is 3.36. The third kappa shape index (κ3) is 2.67. The van der Waals surface area contributed by atoms with Crippen LogP contribution in [-0.2, 0) is 0 Å². The van der Waals surface area contributed by atoms with Gasteiger partial charge in [0, 0.05) is 25.2 Å². The lowest BCUT2D eigenvalue weighted by Crippen LogP contribution is -2.47. The Bertz CT molecular complexity index is 360. The summed E-state index contributed by atoms with van der Waals surface area (Å²) in [7, 11) is 0. The molecule has 112 valence electrons. The fourth-order valence-corrected chi connectivity index (χ4v) is 4.10. The number of nitrogens with one attached hydrogen (secondary N) is 1. The number of likely N-dealkylation sites (tertiary alicyclic amines) is 2. The predicted molar refractivity (Wildman–Crippen MR) is 78.6 cm³/mol. The monoisotopic (exact) mass is 277 g/mol. The molecule has 2 saturated heterocycles. The van der Waals surface area contributed by atoms with E-state index in [9.17, 15) is 4.79 Å². The van der Waals surface area contributed by atoms with E-state index in [1.54, 1.807) is 0 Å². The van der Waals surface area contributed by atoms with Crippen molar-refractivity contribution in [1.29, 1.82) is 0 Å². The van der Waals surface area contributed by atoms with Crippen molar-refractivity contribution in [3.63, 3.8) is 0 Å². The molecule has 4 rings (SSSR count).